The number of aromatic nitrogens is 2. The van der Waals surface area contributed by atoms with Gasteiger partial charge >= 0.3 is 11.9 Å². The average Bonchev–Trinajstić information content (AvgIpc) is 2.97. The van der Waals surface area contributed by atoms with Gasteiger partial charge in [-0.05, 0) is 38.5 Å². The van der Waals surface area contributed by atoms with Gasteiger partial charge in [0.25, 0.3) is 11.5 Å². The van der Waals surface area contributed by atoms with E-state index in [-0.39, 0.29) is 36.7 Å². The van der Waals surface area contributed by atoms with E-state index >= 15 is 0 Å². The molecule has 2 atom stereocenters. The van der Waals surface area contributed by atoms with Gasteiger partial charge in [0.1, 0.15) is 36.5 Å². The summed E-state index contributed by atoms with van der Waals surface area (Å²) in [7, 11) is 2.85. The monoisotopic (exact) mass is 638 g/mol. The Bertz CT molecular complexity index is 1760. The first-order valence-corrected chi connectivity index (χ1v) is 13.9. The summed E-state index contributed by atoms with van der Waals surface area (Å²) in [4.78, 5) is 51.0. The lowest BCUT2D eigenvalue weighted by molar-refractivity contribution is -0.142. The van der Waals surface area contributed by atoms with Gasteiger partial charge in [0.2, 0.25) is 0 Å². The number of ether oxygens (including phenoxy) is 2. The number of carbonyl (C=O) groups is 2. The highest BCUT2D eigenvalue weighted by Gasteiger charge is 2.38. The molecule has 242 valence electrons. The summed E-state index contributed by atoms with van der Waals surface area (Å²) in [5, 5.41) is 4.31. The van der Waals surface area contributed by atoms with Crippen molar-refractivity contribution in [2.45, 2.75) is 51.9 Å². The normalized spacial score (nSPS) is 14.1. The first-order chi connectivity index (χ1) is 21.1. The molecule has 2 aromatic carbocycles. The maximum Gasteiger partial charge on any atom is 0.408 e. The quantitative estimate of drug-likeness (QED) is 0.343. The Morgan fingerprint density at radius 1 is 1.00 bits per heavy atom. The van der Waals surface area contributed by atoms with Crippen LogP contribution in [0.3, 0.4) is 0 Å². The number of hydrogen-bond donors (Lipinski definition) is 2. The van der Waals surface area contributed by atoms with E-state index in [4.69, 9.17) is 9.47 Å². The Kier molecular flexibility index (Phi) is 9.40. The SMILES string of the molecule is CC[C@@H](Nc1cc(F)c(C(=O)N[C@@H](Cc2ccc(-c3c(C)n(C)c(=O)n(C)c3=O)c3c2OCCO3)C(C)=O)c(F)c1)C(F)(F)F. The minimum Gasteiger partial charge on any atom is -0.486 e. The van der Waals surface area contributed by atoms with Gasteiger partial charge in [0, 0.05) is 43.0 Å². The van der Waals surface area contributed by atoms with E-state index < -0.39 is 70.5 Å². The number of rotatable bonds is 9. The van der Waals surface area contributed by atoms with E-state index in [9.17, 15) is 41.1 Å². The fourth-order valence-corrected chi connectivity index (χ4v) is 5.04. The number of nitrogens with one attached hydrogen (secondary N) is 2. The van der Waals surface area contributed by atoms with Crippen LogP contribution in [0, 0.1) is 18.6 Å². The highest BCUT2D eigenvalue weighted by atomic mass is 19.4. The van der Waals surface area contributed by atoms with Gasteiger partial charge in [-0.3, -0.25) is 19.0 Å². The van der Waals surface area contributed by atoms with Gasteiger partial charge in [0.15, 0.2) is 17.3 Å². The molecular weight excluding hydrogens is 607 g/mol. The summed E-state index contributed by atoms with van der Waals surface area (Å²) in [5.74, 6) is -4.38. The minimum absolute atomic E-state index is 0.120. The van der Waals surface area contributed by atoms with E-state index in [0.29, 0.717) is 29.0 Å². The number of carbonyl (C=O) groups excluding carboxylic acids is 2. The van der Waals surface area contributed by atoms with E-state index in [1.165, 1.54) is 25.6 Å². The van der Waals surface area contributed by atoms with Crippen molar-refractivity contribution in [1.29, 1.82) is 0 Å². The molecule has 0 aliphatic carbocycles. The maximum absolute atomic E-state index is 14.9. The summed E-state index contributed by atoms with van der Waals surface area (Å²) in [5.41, 5.74) is -1.42. The van der Waals surface area contributed by atoms with Crippen LogP contribution in [0.15, 0.2) is 33.9 Å². The summed E-state index contributed by atoms with van der Waals surface area (Å²) in [6, 6.07) is 0.855. The van der Waals surface area contributed by atoms with Gasteiger partial charge in [0.05, 0.1) is 11.6 Å². The van der Waals surface area contributed by atoms with Crippen LogP contribution in [0.4, 0.5) is 27.6 Å². The van der Waals surface area contributed by atoms with Crippen LogP contribution in [0.5, 0.6) is 11.5 Å². The van der Waals surface area contributed by atoms with Crippen molar-refractivity contribution in [3.8, 4) is 22.6 Å². The predicted molar refractivity (Wildman–Crippen MR) is 154 cm³/mol. The summed E-state index contributed by atoms with van der Waals surface area (Å²) < 4.78 is 83.1. The zero-order valence-corrected chi connectivity index (χ0v) is 25.0. The third kappa shape index (κ3) is 6.56. The van der Waals surface area contributed by atoms with Crippen LogP contribution in [-0.2, 0) is 25.3 Å². The topological polar surface area (TPSA) is 121 Å². The van der Waals surface area contributed by atoms with Crippen molar-refractivity contribution in [2.75, 3.05) is 18.5 Å². The third-order valence-corrected chi connectivity index (χ3v) is 7.63. The maximum atomic E-state index is 14.9. The fourth-order valence-electron chi connectivity index (χ4n) is 5.04. The number of halogens is 5. The lowest BCUT2D eigenvalue weighted by atomic mass is 9.96. The molecule has 3 aromatic rings. The van der Waals surface area contributed by atoms with Gasteiger partial charge in [-0.25, -0.2) is 13.6 Å². The fraction of sp³-hybridized carbons (Fsp3) is 0.400. The molecule has 1 amide bonds. The minimum atomic E-state index is -4.67. The van der Waals surface area contributed by atoms with Crippen molar-refractivity contribution < 1.29 is 41.0 Å². The molecule has 10 nitrogen and oxygen atoms in total. The van der Waals surface area contributed by atoms with Gasteiger partial charge in [-0.1, -0.05) is 13.0 Å². The molecule has 15 heteroatoms. The van der Waals surface area contributed by atoms with E-state index in [0.717, 1.165) is 11.5 Å². The Balaban J connectivity index is 1.66. The van der Waals surface area contributed by atoms with Gasteiger partial charge < -0.3 is 24.7 Å². The molecule has 4 rings (SSSR count). The first-order valence-electron chi connectivity index (χ1n) is 13.9. The molecule has 1 aliphatic rings. The van der Waals surface area contributed by atoms with Crippen molar-refractivity contribution in [1.82, 2.24) is 14.5 Å². The zero-order chi connectivity index (χ0) is 33.4. The molecule has 0 bridgehead atoms. The molecule has 1 aromatic heterocycles. The molecule has 2 N–H and O–H groups in total. The Hall–Kier alpha value is -4.69. The number of benzene rings is 2. The third-order valence-electron chi connectivity index (χ3n) is 7.63. The number of fused-ring (bicyclic) bond motifs is 1. The van der Waals surface area contributed by atoms with Crippen LogP contribution >= 0.6 is 0 Å². The van der Waals surface area contributed by atoms with E-state index in [1.54, 1.807) is 19.1 Å². The van der Waals surface area contributed by atoms with Crippen LogP contribution < -0.4 is 31.4 Å². The van der Waals surface area contributed by atoms with Crippen LogP contribution in [-0.4, -0.2) is 52.3 Å². The Morgan fingerprint density at radius 3 is 2.16 bits per heavy atom. The number of alkyl halides is 3. The highest BCUT2D eigenvalue weighted by molar-refractivity contribution is 5.98. The molecule has 1 aliphatic heterocycles. The molecule has 0 unspecified atom stereocenters. The second-order valence-electron chi connectivity index (χ2n) is 10.6. The molecule has 0 spiro atoms. The van der Waals surface area contributed by atoms with Crippen LogP contribution in [0.1, 0.15) is 41.9 Å². The smallest absolute Gasteiger partial charge is 0.408 e. The lowest BCUT2D eigenvalue weighted by Gasteiger charge is -2.26. The van der Waals surface area contributed by atoms with E-state index in [1.807, 2.05) is 5.32 Å². The Labute approximate surface area is 253 Å². The zero-order valence-electron chi connectivity index (χ0n) is 25.0. The largest absolute Gasteiger partial charge is 0.486 e. The van der Waals surface area contributed by atoms with Crippen LogP contribution in [0.2, 0.25) is 0 Å². The lowest BCUT2D eigenvalue weighted by Crippen LogP contribution is -2.42. The van der Waals surface area contributed by atoms with Crippen molar-refractivity contribution >= 4 is 17.4 Å². The number of nitrogens with zero attached hydrogens (tertiary/aromatic N) is 2. The molecule has 0 saturated carbocycles. The number of ketones is 1. The number of hydrogen-bond acceptors (Lipinski definition) is 7. The second kappa shape index (κ2) is 12.7. The predicted octanol–water partition coefficient (Wildman–Crippen LogP) is 3.79. The van der Waals surface area contributed by atoms with Crippen molar-refractivity contribution in [3.05, 3.63) is 73.6 Å². The molecule has 45 heavy (non-hydrogen) atoms. The molecule has 0 saturated heterocycles. The number of anilines is 1. The van der Waals surface area contributed by atoms with Crippen molar-refractivity contribution in [2.24, 2.45) is 14.1 Å². The average molecular weight is 639 g/mol. The molecule has 2 heterocycles. The van der Waals surface area contributed by atoms with Gasteiger partial charge in [-0.2, -0.15) is 13.2 Å². The molecule has 0 radical (unpaired) electrons. The van der Waals surface area contributed by atoms with Crippen LogP contribution in [0.25, 0.3) is 11.1 Å². The van der Waals surface area contributed by atoms with E-state index in [2.05, 4.69) is 5.32 Å². The van der Waals surface area contributed by atoms with Gasteiger partial charge in [-0.15, -0.1) is 0 Å². The standard InChI is InChI=1S/C30H31F5N4O6/c1-6-22(30(33,34)35)36-17-12-19(31)24(20(32)13-17)27(41)37-21(15(3)40)11-16-7-8-18(26-25(16)44-9-10-45-26)23-14(2)38(4)29(43)39(5)28(23)42/h7-8,12-13,21-22,36H,6,9-11H2,1-5H3,(H,37,41)/t21-,22+/m0/s1. The Morgan fingerprint density at radius 2 is 1.60 bits per heavy atom. The summed E-state index contributed by atoms with van der Waals surface area (Å²) in [6.45, 7) is 4.25. The summed E-state index contributed by atoms with van der Waals surface area (Å²) >= 11 is 0. The summed E-state index contributed by atoms with van der Waals surface area (Å²) in [6.07, 6.45) is -5.29. The first kappa shape index (κ1) is 33.2. The van der Waals surface area contributed by atoms with Crippen molar-refractivity contribution in [3.63, 3.8) is 0 Å². The number of Topliss-reactive ketones (excluding diaryl/α,β-unsaturated/α-hetero) is 1. The highest BCUT2D eigenvalue weighted by Crippen LogP contribution is 2.42. The molecule has 0 fully saturated rings. The number of amides is 1. The molecular formula is C30H31F5N4O6. The second-order valence-corrected chi connectivity index (χ2v) is 10.6.